The molecule has 0 radical (unpaired) electrons. The molecular weight excluding hydrogens is 364 g/mol. The third-order valence-corrected chi connectivity index (χ3v) is 4.49. The number of hydrogen-bond donors (Lipinski definition) is 0. The summed E-state index contributed by atoms with van der Waals surface area (Å²) < 4.78 is 6.44. The van der Waals surface area contributed by atoms with Crippen molar-refractivity contribution in [3.8, 4) is 5.69 Å². The van der Waals surface area contributed by atoms with Crippen molar-refractivity contribution >= 4 is 17.6 Å². The summed E-state index contributed by atoms with van der Waals surface area (Å²) in [6.07, 6.45) is 3.95. The Morgan fingerprint density at radius 3 is 2.61 bits per heavy atom. The van der Waals surface area contributed by atoms with Gasteiger partial charge in [0.2, 0.25) is 0 Å². The highest BCUT2D eigenvalue weighted by Gasteiger charge is 2.28. The molecule has 1 aliphatic rings. The molecule has 0 saturated heterocycles. The highest BCUT2D eigenvalue weighted by Crippen LogP contribution is 2.30. The minimum absolute atomic E-state index is 0.0122. The van der Waals surface area contributed by atoms with E-state index < -0.39 is 4.92 Å². The zero-order valence-corrected chi connectivity index (χ0v) is 15.6. The van der Waals surface area contributed by atoms with Gasteiger partial charge in [0.15, 0.2) is 5.69 Å². The van der Waals surface area contributed by atoms with E-state index in [4.69, 9.17) is 4.74 Å². The minimum Gasteiger partial charge on any atom is -0.466 e. The van der Waals surface area contributed by atoms with Crippen LogP contribution in [0.3, 0.4) is 0 Å². The van der Waals surface area contributed by atoms with Gasteiger partial charge < -0.3 is 9.64 Å². The maximum absolute atomic E-state index is 12.9. The normalized spacial score (nSPS) is 13.2. The van der Waals surface area contributed by atoms with Gasteiger partial charge in [0.05, 0.1) is 23.6 Å². The van der Waals surface area contributed by atoms with Crippen molar-refractivity contribution in [3.05, 3.63) is 52.3 Å². The minimum atomic E-state index is -0.471. The smallest absolute Gasteiger partial charge is 0.307 e. The largest absolute Gasteiger partial charge is 0.466 e. The molecule has 3 rings (SSSR count). The van der Waals surface area contributed by atoms with E-state index in [1.54, 1.807) is 36.2 Å². The Morgan fingerprint density at radius 1 is 1.29 bits per heavy atom. The van der Waals surface area contributed by atoms with Gasteiger partial charge in [-0.05, 0) is 43.9 Å². The summed E-state index contributed by atoms with van der Waals surface area (Å²) in [5.74, 6) is -0.0905. The van der Waals surface area contributed by atoms with E-state index >= 15 is 0 Å². The van der Waals surface area contributed by atoms with Crippen LogP contribution >= 0.6 is 0 Å². The lowest BCUT2D eigenvalue weighted by atomic mass is 10.3. The Hall–Kier alpha value is -3.23. The number of ether oxygens (including phenoxy) is 1. The number of rotatable bonds is 9. The number of hydrogen-bond acceptors (Lipinski definition) is 6. The average molecular weight is 386 g/mol. The molecule has 0 spiro atoms. The average Bonchev–Trinajstić information content (AvgIpc) is 3.37. The predicted molar refractivity (Wildman–Crippen MR) is 100 cm³/mol. The molecule has 148 valence electrons. The highest BCUT2D eigenvalue weighted by molar-refractivity contribution is 5.92. The van der Waals surface area contributed by atoms with Crippen molar-refractivity contribution in [3.63, 3.8) is 0 Å². The topological polar surface area (TPSA) is 108 Å². The van der Waals surface area contributed by atoms with Crippen molar-refractivity contribution in [1.82, 2.24) is 14.7 Å². The van der Waals surface area contributed by atoms with E-state index in [0.29, 0.717) is 31.3 Å². The van der Waals surface area contributed by atoms with Crippen LogP contribution in [0.5, 0.6) is 0 Å². The summed E-state index contributed by atoms with van der Waals surface area (Å²) in [6.45, 7) is 2.95. The van der Waals surface area contributed by atoms with Crippen LogP contribution in [-0.4, -0.2) is 51.2 Å². The number of nitro benzene ring substituents is 1. The molecule has 1 aliphatic carbocycles. The lowest BCUT2D eigenvalue weighted by molar-refractivity contribution is -0.384. The molecule has 28 heavy (non-hydrogen) atoms. The molecule has 1 aromatic heterocycles. The van der Waals surface area contributed by atoms with Crippen LogP contribution in [-0.2, 0) is 9.53 Å². The van der Waals surface area contributed by atoms with Gasteiger partial charge in [-0.2, -0.15) is 5.10 Å². The van der Waals surface area contributed by atoms with E-state index in [9.17, 15) is 19.7 Å². The van der Waals surface area contributed by atoms with Crippen LogP contribution in [0.4, 0.5) is 5.69 Å². The van der Waals surface area contributed by atoms with Crippen molar-refractivity contribution in [2.75, 3.05) is 19.7 Å². The highest BCUT2D eigenvalue weighted by atomic mass is 16.6. The van der Waals surface area contributed by atoms with E-state index in [1.165, 1.54) is 16.8 Å². The fourth-order valence-corrected chi connectivity index (χ4v) is 2.82. The van der Waals surface area contributed by atoms with E-state index in [1.807, 2.05) is 0 Å². The molecule has 1 heterocycles. The van der Waals surface area contributed by atoms with Gasteiger partial charge in [0.25, 0.3) is 11.6 Å². The van der Waals surface area contributed by atoms with Crippen LogP contribution in [0.25, 0.3) is 5.69 Å². The van der Waals surface area contributed by atoms with Crippen molar-refractivity contribution in [2.45, 2.75) is 26.2 Å². The Bertz CT molecular complexity index is 857. The molecule has 1 amide bonds. The van der Waals surface area contributed by atoms with Gasteiger partial charge >= 0.3 is 5.97 Å². The number of aromatic nitrogens is 2. The Kier molecular flexibility index (Phi) is 6.03. The first-order valence-corrected chi connectivity index (χ1v) is 9.23. The van der Waals surface area contributed by atoms with Crippen LogP contribution in [0, 0.1) is 16.0 Å². The summed E-state index contributed by atoms with van der Waals surface area (Å²) in [7, 11) is 0. The van der Waals surface area contributed by atoms with Gasteiger partial charge in [0, 0.05) is 31.4 Å². The second kappa shape index (κ2) is 8.64. The molecule has 0 aliphatic heterocycles. The fourth-order valence-electron chi connectivity index (χ4n) is 2.82. The molecular formula is C19H22N4O5. The number of non-ortho nitro benzene ring substituents is 1. The number of carbonyl (C=O) groups is 2. The summed E-state index contributed by atoms with van der Waals surface area (Å²) in [5.41, 5.74) is 0.870. The van der Waals surface area contributed by atoms with Crippen molar-refractivity contribution < 1.29 is 19.2 Å². The zero-order valence-electron chi connectivity index (χ0n) is 15.6. The number of amides is 1. The number of nitrogens with zero attached hydrogens (tertiary/aromatic N) is 4. The first-order chi connectivity index (χ1) is 13.5. The predicted octanol–water partition coefficient (Wildman–Crippen LogP) is 2.59. The van der Waals surface area contributed by atoms with Gasteiger partial charge in [-0.3, -0.25) is 19.7 Å². The summed E-state index contributed by atoms with van der Waals surface area (Å²) in [5, 5.41) is 15.1. The molecule has 9 heteroatoms. The molecule has 0 atom stereocenters. The molecule has 0 unspecified atom stereocenters. The third kappa shape index (κ3) is 4.93. The number of carbonyl (C=O) groups excluding carboxylic acids is 2. The second-order valence-electron chi connectivity index (χ2n) is 6.67. The zero-order chi connectivity index (χ0) is 20.1. The van der Waals surface area contributed by atoms with Gasteiger partial charge in [-0.15, -0.1) is 0 Å². The molecule has 2 aromatic rings. The standard InChI is InChI=1S/C19H22N4O5/c1-2-28-18(24)10-11-21(13-14-3-4-14)19(25)17-9-12-22(20-17)15-5-7-16(8-6-15)23(26)27/h5-9,12,14H,2-4,10-11,13H2,1H3. The second-order valence-corrected chi connectivity index (χ2v) is 6.67. The lowest BCUT2D eigenvalue weighted by Crippen LogP contribution is -2.35. The number of nitro groups is 1. The first-order valence-electron chi connectivity index (χ1n) is 9.23. The van der Waals surface area contributed by atoms with Crippen molar-refractivity contribution in [1.29, 1.82) is 0 Å². The number of esters is 1. The molecule has 1 aromatic carbocycles. The van der Waals surface area contributed by atoms with E-state index in [0.717, 1.165) is 12.8 Å². The summed E-state index contributed by atoms with van der Waals surface area (Å²) in [6, 6.07) is 7.52. The van der Waals surface area contributed by atoms with Gasteiger partial charge in [0.1, 0.15) is 0 Å². The van der Waals surface area contributed by atoms with Crippen molar-refractivity contribution in [2.24, 2.45) is 5.92 Å². The van der Waals surface area contributed by atoms with Gasteiger partial charge in [-0.25, -0.2) is 4.68 Å². The molecule has 1 saturated carbocycles. The van der Waals surface area contributed by atoms with Crippen LogP contribution < -0.4 is 0 Å². The maximum Gasteiger partial charge on any atom is 0.307 e. The Balaban J connectivity index is 1.70. The third-order valence-electron chi connectivity index (χ3n) is 4.49. The molecule has 1 fully saturated rings. The van der Waals surface area contributed by atoms with Gasteiger partial charge in [-0.1, -0.05) is 0 Å². The first kappa shape index (κ1) is 19.5. The van der Waals surface area contributed by atoms with Crippen LogP contribution in [0.2, 0.25) is 0 Å². The Morgan fingerprint density at radius 2 is 2.00 bits per heavy atom. The molecule has 0 N–H and O–H groups in total. The quantitative estimate of drug-likeness (QED) is 0.372. The van der Waals surface area contributed by atoms with Crippen LogP contribution in [0.1, 0.15) is 36.7 Å². The molecule has 0 bridgehead atoms. The number of benzene rings is 1. The monoisotopic (exact) mass is 386 g/mol. The SMILES string of the molecule is CCOC(=O)CCN(CC1CC1)C(=O)c1ccn(-c2ccc([N+](=O)[O-])cc2)n1. The van der Waals surface area contributed by atoms with E-state index in [-0.39, 0.29) is 29.7 Å². The van der Waals surface area contributed by atoms with E-state index in [2.05, 4.69) is 5.10 Å². The summed E-state index contributed by atoms with van der Waals surface area (Å²) >= 11 is 0. The lowest BCUT2D eigenvalue weighted by Gasteiger charge is -2.21. The Labute approximate surface area is 162 Å². The summed E-state index contributed by atoms with van der Waals surface area (Å²) in [4.78, 5) is 36.5. The maximum atomic E-state index is 12.9. The van der Waals surface area contributed by atoms with Crippen LogP contribution in [0.15, 0.2) is 36.5 Å². The molecule has 9 nitrogen and oxygen atoms in total. The fraction of sp³-hybridized carbons (Fsp3) is 0.421.